The lowest BCUT2D eigenvalue weighted by molar-refractivity contribution is 1.15. The van der Waals surface area contributed by atoms with Crippen LogP contribution in [-0.2, 0) is 0 Å². The summed E-state index contributed by atoms with van der Waals surface area (Å²) in [6.07, 6.45) is 1.59. The van der Waals surface area contributed by atoms with Crippen molar-refractivity contribution in [3.63, 3.8) is 0 Å². The van der Waals surface area contributed by atoms with Crippen molar-refractivity contribution < 1.29 is 0 Å². The van der Waals surface area contributed by atoms with Gasteiger partial charge in [0.15, 0.2) is 0 Å². The molecule has 0 fully saturated rings. The van der Waals surface area contributed by atoms with Crippen molar-refractivity contribution in [3.8, 4) is 11.3 Å². The second-order valence-electron chi connectivity index (χ2n) is 3.30. The van der Waals surface area contributed by atoms with Crippen molar-refractivity contribution >= 4 is 30.1 Å². The highest BCUT2D eigenvalue weighted by Crippen LogP contribution is 2.31. The molecule has 3 nitrogen and oxygen atoms in total. The molecule has 1 aromatic carbocycles. The fourth-order valence-corrected chi connectivity index (χ4v) is 1.71. The Labute approximate surface area is 105 Å². The molecular weight excluding hydrogens is 234 g/mol. The Kier molecular flexibility index (Phi) is 3.30. The van der Waals surface area contributed by atoms with E-state index in [1.807, 2.05) is 30.3 Å². The van der Waals surface area contributed by atoms with Crippen molar-refractivity contribution in [1.29, 1.82) is 0 Å². The Morgan fingerprint density at radius 1 is 1.18 bits per heavy atom. The fourth-order valence-electron chi connectivity index (χ4n) is 1.54. The van der Waals surface area contributed by atoms with E-state index in [4.69, 9.17) is 11.6 Å². The van der Waals surface area contributed by atoms with E-state index in [0.717, 1.165) is 5.56 Å². The van der Waals surface area contributed by atoms with Crippen LogP contribution in [0.4, 0.5) is 5.69 Å². The monoisotopic (exact) mass is 243 g/mol. The first-order valence-corrected chi connectivity index (χ1v) is 5.36. The van der Waals surface area contributed by atoms with Gasteiger partial charge in [-0.3, -0.25) is 4.99 Å². The lowest BCUT2D eigenvalue weighted by Crippen LogP contribution is -1.92. The molecule has 0 amide bonds. The number of hydrogen-bond donors (Lipinski definition) is 0. The number of benzene rings is 1. The minimum atomic E-state index is 0.172. The third-order valence-corrected chi connectivity index (χ3v) is 2.45. The van der Waals surface area contributed by atoms with Gasteiger partial charge in [-0.25, -0.2) is 9.97 Å². The molecule has 0 unspecified atom stereocenters. The van der Waals surface area contributed by atoms with E-state index in [0.29, 0.717) is 17.1 Å². The van der Waals surface area contributed by atoms with E-state index in [1.165, 1.54) is 0 Å². The maximum Gasteiger partial charge on any atom is 0.223 e. The Balaban J connectivity index is 2.72. The van der Waals surface area contributed by atoms with Crippen molar-refractivity contribution in [3.05, 3.63) is 47.9 Å². The van der Waals surface area contributed by atoms with Gasteiger partial charge in [0.05, 0.1) is 5.69 Å². The predicted molar refractivity (Wildman–Crippen MR) is 71.8 cm³/mol. The number of nitrogens with zero attached hydrogens (tertiary/aromatic N) is 3. The first-order valence-electron chi connectivity index (χ1n) is 4.98. The van der Waals surface area contributed by atoms with Crippen LogP contribution in [0, 0.1) is 0 Å². The molecule has 0 N–H and O–H groups in total. The molecule has 0 bridgehead atoms. The van der Waals surface area contributed by atoms with Gasteiger partial charge in [-0.15, -0.1) is 0 Å². The molecule has 0 aliphatic carbocycles. The minimum Gasteiger partial charge on any atom is -0.260 e. The highest BCUT2D eigenvalue weighted by molar-refractivity contribution is 6.28. The van der Waals surface area contributed by atoms with Crippen LogP contribution in [-0.4, -0.2) is 16.7 Å². The molecule has 0 spiro atoms. The Morgan fingerprint density at radius 2 is 1.88 bits per heavy atom. The molecule has 1 aromatic heterocycles. The molecule has 17 heavy (non-hydrogen) atoms. The van der Waals surface area contributed by atoms with Gasteiger partial charge in [0.25, 0.3) is 0 Å². The van der Waals surface area contributed by atoms with Gasteiger partial charge in [-0.2, -0.15) is 0 Å². The van der Waals surface area contributed by atoms with E-state index in [1.54, 1.807) is 6.08 Å². The quantitative estimate of drug-likeness (QED) is 0.608. The van der Waals surface area contributed by atoms with Crippen molar-refractivity contribution in [1.82, 2.24) is 9.97 Å². The van der Waals surface area contributed by atoms with Crippen LogP contribution in [0.2, 0.25) is 5.28 Å². The fraction of sp³-hybridized carbons (Fsp3) is 0. The van der Waals surface area contributed by atoms with Crippen molar-refractivity contribution in [2.75, 3.05) is 0 Å². The molecule has 1 heterocycles. The maximum atomic E-state index is 5.88. The Hall–Kier alpha value is -2.00. The lowest BCUT2D eigenvalue weighted by atomic mass is 10.1. The van der Waals surface area contributed by atoms with Gasteiger partial charge in [-0.1, -0.05) is 36.9 Å². The van der Waals surface area contributed by atoms with Crippen LogP contribution in [0.3, 0.4) is 0 Å². The summed E-state index contributed by atoms with van der Waals surface area (Å²) in [5.74, 6) is 0. The van der Waals surface area contributed by atoms with Crippen LogP contribution in [0.1, 0.15) is 5.69 Å². The SMILES string of the molecule is C=Cc1nc(Cl)nc(-c2ccccc2)c1N=C. The minimum absolute atomic E-state index is 0.172. The van der Waals surface area contributed by atoms with Crippen LogP contribution < -0.4 is 0 Å². The van der Waals surface area contributed by atoms with Gasteiger partial charge in [0.2, 0.25) is 5.28 Å². The average Bonchev–Trinajstić information content (AvgIpc) is 2.38. The zero-order valence-electron chi connectivity index (χ0n) is 9.10. The topological polar surface area (TPSA) is 38.1 Å². The van der Waals surface area contributed by atoms with E-state index >= 15 is 0 Å². The number of halogens is 1. The number of hydrogen-bond acceptors (Lipinski definition) is 3. The molecule has 0 saturated heterocycles. The third-order valence-electron chi connectivity index (χ3n) is 2.28. The van der Waals surface area contributed by atoms with E-state index in [9.17, 15) is 0 Å². The molecular formula is C13H10ClN3. The smallest absolute Gasteiger partial charge is 0.223 e. The summed E-state index contributed by atoms with van der Waals surface area (Å²) in [5, 5.41) is 0.172. The average molecular weight is 244 g/mol. The summed E-state index contributed by atoms with van der Waals surface area (Å²) >= 11 is 5.88. The lowest BCUT2D eigenvalue weighted by Gasteiger charge is -2.07. The standard InChI is InChI=1S/C13H10ClN3/c1-3-10-12(15-2)11(17-13(14)16-10)9-7-5-4-6-8-9/h3-8H,1-2H2. The molecule has 0 radical (unpaired) electrons. The predicted octanol–water partition coefficient (Wildman–Crippen LogP) is 3.77. The molecule has 0 aliphatic heterocycles. The van der Waals surface area contributed by atoms with Gasteiger partial charge >= 0.3 is 0 Å². The van der Waals surface area contributed by atoms with Gasteiger partial charge in [-0.05, 0) is 24.4 Å². The summed E-state index contributed by atoms with van der Waals surface area (Å²) < 4.78 is 0. The van der Waals surface area contributed by atoms with Crippen LogP contribution >= 0.6 is 11.6 Å². The Morgan fingerprint density at radius 3 is 2.47 bits per heavy atom. The van der Waals surface area contributed by atoms with E-state index < -0.39 is 0 Å². The van der Waals surface area contributed by atoms with Crippen molar-refractivity contribution in [2.45, 2.75) is 0 Å². The second-order valence-corrected chi connectivity index (χ2v) is 3.64. The third kappa shape index (κ3) is 2.24. The van der Waals surface area contributed by atoms with Crippen molar-refractivity contribution in [2.24, 2.45) is 4.99 Å². The zero-order valence-corrected chi connectivity index (χ0v) is 9.85. The second kappa shape index (κ2) is 4.89. The summed E-state index contributed by atoms with van der Waals surface area (Å²) in [4.78, 5) is 12.2. The number of aliphatic imine (C=N–C) groups is 1. The summed E-state index contributed by atoms with van der Waals surface area (Å²) in [7, 11) is 0. The zero-order chi connectivity index (χ0) is 12.3. The highest BCUT2D eigenvalue weighted by atomic mass is 35.5. The normalized spacial score (nSPS) is 9.94. The number of aromatic nitrogens is 2. The highest BCUT2D eigenvalue weighted by Gasteiger charge is 2.11. The number of rotatable bonds is 3. The molecule has 0 atom stereocenters. The van der Waals surface area contributed by atoms with Gasteiger partial charge in [0.1, 0.15) is 11.4 Å². The molecule has 0 aliphatic rings. The van der Waals surface area contributed by atoms with Gasteiger partial charge in [0, 0.05) is 5.56 Å². The maximum absolute atomic E-state index is 5.88. The van der Waals surface area contributed by atoms with Crippen LogP contribution in [0.15, 0.2) is 41.9 Å². The van der Waals surface area contributed by atoms with E-state index in [2.05, 4.69) is 28.3 Å². The largest absolute Gasteiger partial charge is 0.260 e. The first-order chi connectivity index (χ1) is 8.26. The molecule has 0 saturated carbocycles. The summed E-state index contributed by atoms with van der Waals surface area (Å²) in [6.45, 7) is 7.21. The van der Waals surface area contributed by atoms with E-state index in [-0.39, 0.29) is 5.28 Å². The molecule has 2 aromatic rings. The summed E-state index contributed by atoms with van der Waals surface area (Å²) in [5.41, 5.74) is 2.76. The van der Waals surface area contributed by atoms with Crippen LogP contribution in [0.5, 0.6) is 0 Å². The summed E-state index contributed by atoms with van der Waals surface area (Å²) in [6, 6.07) is 9.64. The first kappa shape index (κ1) is 11.5. The Bertz CT molecular complexity index is 564. The van der Waals surface area contributed by atoms with Gasteiger partial charge < -0.3 is 0 Å². The van der Waals surface area contributed by atoms with Crippen LogP contribution in [0.25, 0.3) is 17.3 Å². The molecule has 4 heteroatoms. The molecule has 84 valence electrons. The molecule has 2 rings (SSSR count).